The van der Waals surface area contributed by atoms with E-state index < -0.39 is 10.0 Å². The van der Waals surface area contributed by atoms with Gasteiger partial charge in [-0.05, 0) is 6.92 Å². The van der Waals surface area contributed by atoms with Crippen LogP contribution in [-0.4, -0.2) is 82.1 Å². The first-order valence-electron chi connectivity index (χ1n) is 6.59. The highest BCUT2D eigenvalue weighted by molar-refractivity contribution is 7.89. The van der Waals surface area contributed by atoms with Crippen molar-refractivity contribution >= 4 is 15.9 Å². The highest BCUT2D eigenvalue weighted by Crippen LogP contribution is 1.96. The van der Waals surface area contributed by atoms with Crippen LogP contribution >= 0.6 is 0 Å². The topological polar surface area (TPSA) is 81.8 Å². The summed E-state index contributed by atoms with van der Waals surface area (Å²) in [4.78, 5) is 13.9. The van der Waals surface area contributed by atoms with E-state index in [0.717, 1.165) is 37.0 Å². The molecule has 112 valence electrons. The van der Waals surface area contributed by atoms with E-state index in [-0.39, 0.29) is 18.2 Å². The summed E-state index contributed by atoms with van der Waals surface area (Å²) in [5.74, 6) is -0.243. The molecule has 0 saturated carbocycles. The van der Waals surface area contributed by atoms with Gasteiger partial charge in [-0.3, -0.25) is 9.69 Å². The van der Waals surface area contributed by atoms with Gasteiger partial charge in [0.25, 0.3) is 0 Å². The Bertz CT molecular complexity index is 379. The van der Waals surface area contributed by atoms with Crippen LogP contribution in [0.1, 0.15) is 6.92 Å². The molecule has 8 heteroatoms. The molecule has 1 heterocycles. The zero-order chi connectivity index (χ0) is 14.3. The fourth-order valence-electron chi connectivity index (χ4n) is 1.87. The molecule has 2 N–H and O–H groups in total. The summed E-state index contributed by atoms with van der Waals surface area (Å²) in [6.45, 7) is 6.74. The zero-order valence-corrected chi connectivity index (χ0v) is 12.5. The Kier molecular flexibility index (Phi) is 6.70. The van der Waals surface area contributed by atoms with Crippen molar-refractivity contribution in [1.82, 2.24) is 19.8 Å². The lowest BCUT2D eigenvalue weighted by atomic mass is 10.3. The summed E-state index contributed by atoms with van der Waals surface area (Å²) < 4.78 is 24.1. The third-order valence-electron chi connectivity index (χ3n) is 3.17. The summed E-state index contributed by atoms with van der Waals surface area (Å²) in [7, 11) is -1.86. The molecule has 0 unspecified atom stereocenters. The molecule has 1 amide bonds. The van der Waals surface area contributed by atoms with Gasteiger partial charge in [-0.15, -0.1) is 0 Å². The zero-order valence-electron chi connectivity index (χ0n) is 11.7. The predicted octanol–water partition coefficient (Wildman–Crippen LogP) is -1.71. The second kappa shape index (κ2) is 7.78. The Labute approximate surface area is 115 Å². The van der Waals surface area contributed by atoms with E-state index in [4.69, 9.17) is 0 Å². The summed E-state index contributed by atoms with van der Waals surface area (Å²) in [5.41, 5.74) is 0. The van der Waals surface area contributed by atoms with Crippen molar-refractivity contribution in [3.05, 3.63) is 0 Å². The van der Waals surface area contributed by atoms with E-state index >= 15 is 0 Å². The average Bonchev–Trinajstić information content (AvgIpc) is 2.39. The maximum Gasteiger partial charge on any atom is 0.235 e. The number of hydrogen-bond donors (Lipinski definition) is 2. The first kappa shape index (κ1) is 16.4. The third-order valence-corrected chi connectivity index (χ3v) is 4.97. The van der Waals surface area contributed by atoms with Gasteiger partial charge in [-0.1, -0.05) is 0 Å². The largest absolute Gasteiger partial charge is 0.354 e. The Morgan fingerprint density at radius 2 is 2.00 bits per heavy atom. The van der Waals surface area contributed by atoms with Crippen molar-refractivity contribution in [1.29, 1.82) is 0 Å². The van der Waals surface area contributed by atoms with Crippen LogP contribution in [0.15, 0.2) is 0 Å². The van der Waals surface area contributed by atoms with E-state index in [1.807, 2.05) is 0 Å². The van der Waals surface area contributed by atoms with E-state index in [1.54, 1.807) is 6.92 Å². The number of likely N-dealkylation sites (N-methyl/N-ethyl adjacent to an activating group) is 1. The quantitative estimate of drug-likeness (QED) is 0.584. The number of carbonyl (C=O) groups excluding carboxylic acids is 1. The molecule has 0 bridgehead atoms. The Balaban J connectivity index is 2.20. The number of nitrogens with one attached hydrogen (secondary N) is 2. The molecule has 0 aromatic carbocycles. The maximum atomic E-state index is 11.6. The molecule has 1 aliphatic rings. The number of hydrogen-bond acceptors (Lipinski definition) is 5. The molecule has 1 rings (SSSR count). The van der Waals surface area contributed by atoms with Gasteiger partial charge in [0.2, 0.25) is 15.9 Å². The predicted molar refractivity (Wildman–Crippen MR) is 74.4 cm³/mol. The summed E-state index contributed by atoms with van der Waals surface area (Å²) in [6.07, 6.45) is 0. The van der Waals surface area contributed by atoms with Gasteiger partial charge in [-0.2, -0.15) is 4.31 Å². The van der Waals surface area contributed by atoms with E-state index in [1.165, 1.54) is 7.05 Å². The number of carbonyl (C=O) groups is 1. The SMILES string of the molecule is CCS(=O)(=O)N(C)CC(=O)NCCN1CCNCC1. The summed E-state index contributed by atoms with van der Waals surface area (Å²) in [5, 5.41) is 6.01. The molecule has 0 aromatic heterocycles. The molecule has 19 heavy (non-hydrogen) atoms. The molecule has 1 aliphatic heterocycles. The highest BCUT2D eigenvalue weighted by atomic mass is 32.2. The van der Waals surface area contributed by atoms with Gasteiger partial charge in [0, 0.05) is 46.3 Å². The molecular weight excluding hydrogens is 268 g/mol. The van der Waals surface area contributed by atoms with E-state index in [0.29, 0.717) is 6.54 Å². The van der Waals surface area contributed by atoms with Crippen LogP contribution in [0.25, 0.3) is 0 Å². The number of piperazine rings is 1. The monoisotopic (exact) mass is 292 g/mol. The molecule has 1 saturated heterocycles. The first-order valence-corrected chi connectivity index (χ1v) is 8.20. The Morgan fingerprint density at radius 3 is 2.58 bits per heavy atom. The maximum absolute atomic E-state index is 11.6. The Hall–Kier alpha value is -0.700. The van der Waals surface area contributed by atoms with Crippen molar-refractivity contribution in [3.8, 4) is 0 Å². The second-order valence-corrected chi connectivity index (χ2v) is 6.96. The average molecular weight is 292 g/mol. The van der Waals surface area contributed by atoms with Crippen LogP contribution in [0, 0.1) is 0 Å². The summed E-state index contributed by atoms with van der Waals surface area (Å²) >= 11 is 0. The van der Waals surface area contributed by atoms with Crippen LogP contribution in [0.4, 0.5) is 0 Å². The first-order chi connectivity index (χ1) is 8.95. The minimum atomic E-state index is -3.28. The van der Waals surface area contributed by atoms with Crippen LogP contribution in [0.3, 0.4) is 0 Å². The van der Waals surface area contributed by atoms with E-state index in [9.17, 15) is 13.2 Å². The van der Waals surface area contributed by atoms with Crippen molar-refractivity contribution in [2.24, 2.45) is 0 Å². The van der Waals surface area contributed by atoms with Crippen LogP contribution < -0.4 is 10.6 Å². The summed E-state index contributed by atoms with van der Waals surface area (Å²) in [6, 6.07) is 0. The number of nitrogens with zero attached hydrogens (tertiary/aromatic N) is 2. The third kappa shape index (κ3) is 5.85. The normalized spacial score (nSPS) is 17.6. The lowest BCUT2D eigenvalue weighted by Crippen LogP contribution is -2.47. The highest BCUT2D eigenvalue weighted by Gasteiger charge is 2.18. The molecule has 7 nitrogen and oxygen atoms in total. The minimum absolute atomic E-state index is 0.0115. The molecule has 0 radical (unpaired) electrons. The van der Waals surface area contributed by atoms with Gasteiger partial charge in [0.15, 0.2) is 0 Å². The second-order valence-electron chi connectivity index (χ2n) is 4.60. The van der Waals surface area contributed by atoms with Crippen molar-refractivity contribution in [2.75, 3.05) is 58.6 Å². The van der Waals surface area contributed by atoms with Crippen LogP contribution in [-0.2, 0) is 14.8 Å². The fraction of sp³-hybridized carbons (Fsp3) is 0.909. The Morgan fingerprint density at radius 1 is 1.37 bits per heavy atom. The van der Waals surface area contributed by atoms with Crippen LogP contribution in [0.2, 0.25) is 0 Å². The van der Waals surface area contributed by atoms with Gasteiger partial charge < -0.3 is 10.6 Å². The minimum Gasteiger partial charge on any atom is -0.354 e. The van der Waals surface area contributed by atoms with Crippen molar-refractivity contribution < 1.29 is 13.2 Å². The number of rotatable bonds is 7. The van der Waals surface area contributed by atoms with Gasteiger partial charge >= 0.3 is 0 Å². The fourth-order valence-corrected chi connectivity index (χ4v) is 2.62. The van der Waals surface area contributed by atoms with Gasteiger partial charge in [0.1, 0.15) is 0 Å². The molecule has 0 atom stereocenters. The molecular formula is C11H24N4O3S. The lowest BCUT2D eigenvalue weighted by molar-refractivity contribution is -0.121. The molecule has 0 aliphatic carbocycles. The van der Waals surface area contributed by atoms with Crippen LogP contribution in [0.5, 0.6) is 0 Å². The van der Waals surface area contributed by atoms with Gasteiger partial charge in [-0.25, -0.2) is 8.42 Å². The van der Waals surface area contributed by atoms with E-state index in [2.05, 4.69) is 15.5 Å². The number of amides is 1. The lowest BCUT2D eigenvalue weighted by Gasteiger charge is -2.27. The van der Waals surface area contributed by atoms with Crippen molar-refractivity contribution in [3.63, 3.8) is 0 Å². The van der Waals surface area contributed by atoms with Crippen molar-refractivity contribution in [2.45, 2.75) is 6.92 Å². The van der Waals surface area contributed by atoms with Gasteiger partial charge in [0.05, 0.1) is 12.3 Å². The number of sulfonamides is 1. The molecule has 1 fully saturated rings. The smallest absolute Gasteiger partial charge is 0.235 e. The molecule has 0 spiro atoms. The standard InChI is InChI=1S/C11H24N4O3S/c1-3-19(17,18)14(2)10-11(16)13-6-9-15-7-4-12-5-8-15/h12H,3-10H2,1-2H3,(H,13,16). The molecule has 0 aromatic rings.